The van der Waals surface area contributed by atoms with Crippen LogP contribution in [0.2, 0.25) is 0 Å². The SMILES string of the molecule is CC(C)c1cc(C(C)C)c2cc(S(=O)(=O)[O-])c(C(C)C)cc2c1.[Na+]. The van der Waals surface area contributed by atoms with Gasteiger partial charge in [0.05, 0.1) is 4.90 Å². The van der Waals surface area contributed by atoms with Crippen molar-refractivity contribution in [1.29, 1.82) is 0 Å². The van der Waals surface area contributed by atoms with E-state index >= 15 is 0 Å². The first-order chi connectivity index (χ1) is 10.5. The van der Waals surface area contributed by atoms with E-state index in [0.717, 1.165) is 16.3 Å². The van der Waals surface area contributed by atoms with E-state index in [9.17, 15) is 13.0 Å². The van der Waals surface area contributed by atoms with Crippen LogP contribution >= 0.6 is 0 Å². The zero-order valence-electron chi connectivity index (χ0n) is 15.7. The predicted octanol–water partition coefficient (Wildman–Crippen LogP) is 2.12. The van der Waals surface area contributed by atoms with Gasteiger partial charge in [-0.05, 0) is 57.3 Å². The molecule has 0 amide bonds. The molecule has 126 valence electrons. The molecule has 2 aromatic carbocycles. The second kappa shape index (κ2) is 7.88. The molecule has 0 aliphatic rings. The third-order valence-electron chi connectivity index (χ3n) is 4.32. The van der Waals surface area contributed by atoms with Gasteiger partial charge in [-0.25, -0.2) is 8.42 Å². The van der Waals surface area contributed by atoms with Crippen LogP contribution in [-0.4, -0.2) is 13.0 Å². The zero-order chi connectivity index (χ0) is 17.5. The summed E-state index contributed by atoms with van der Waals surface area (Å²) in [5.41, 5.74) is 2.92. The Bertz CT molecular complexity index is 837. The van der Waals surface area contributed by atoms with Crippen LogP contribution in [0.1, 0.15) is 76.0 Å². The van der Waals surface area contributed by atoms with Crippen molar-refractivity contribution in [2.45, 2.75) is 64.2 Å². The molecular formula is C19H25NaO3S. The van der Waals surface area contributed by atoms with Crippen LogP contribution in [0.4, 0.5) is 0 Å². The third-order valence-corrected chi connectivity index (χ3v) is 5.21. The Hall–Kier alpha value is -0.390. The molecule has 0 heterocycles. The van der Waals surface area contributed by atoms with E-state index in [2.05, 4.69) is 39.8 Å². The quantitative estimate of drug-likeness (QED) is 0.623. The Kier molecular flexibility index (Phi) is 7.11. The molecule has 0 aromatic heterocycles. The van der Waals surface area contributed by atoms with Gasteiger partial charge in [0.2, 0.25) is 0 Å². The van der Waals surface area contributed by atoms with Crippen LogP contribution in [0, 0.1) is 0 Å². The number of benzene rings is 2. The Morgan fingerprint density at radius 3 is 1.75 bits per heavy atom. The van der Waals surface area contributed by atoms with Crippen molar-refractivity contribution >= 4 is 20.9 Å². The van der Waals surface area contributed by atoms with Crippen LogP contribution in [0.15, 0.2) is 29.2 Å². The van der Waals surface area contributed by atoms with Gasteiger partial charge in [0.25, 0.3) is 0 Å². The van der Waals surface area contributed by atoms with Gasteiger partial charge >= 0.3 is 29.6 Å². The van der Waals surface area contributed by atoms with Gasteiger partial charge in [-0.2, -0.15) is 0 Å². The van der Waals surface area contributed by atoms with Gasteiger partial charge < -0.3 is 4.55 Å². The molecule has 0 spiro atoms. The Balaban J connectivity index is 0.00000288. The van der Waals surface area contributed by atoms with Crippen molar-refractivity contribution in [3.05, 3.63) is 41.0 Å². The van der Waals surface area contributed by atoms with Gasteiger partial charge in [0, 0.05) is 0 Å². The van der Waals surface area contributed by atoms with E-state index in [1.54, 1.807) is 6.07 Å². The second-order valence-electron chi connectivity index (χ2n) is 7.14. The number of hydrogen-bond donors (Lipinski definition) is 0. The maximum absolute atomic E-state index is 11.7. The van der Waals surface area contributed by atoms with Crippen LogP contribution < -0.4 is 29.6 Å². The van der Waals surface area contributed by atoms with E-state index < -0.39 is 10.1 Å². The average Bonchev–Trinajstić information content (AvgIpc) is 2.43. The first-order valence-electron chi connectivity index (χ1n) is 8.09. The summed E-state index contributed by atoms with van der Waals surface area (Å²) in [5.74, 6) is 0.619. The third kappa shape index (κ3) is 4.41. The second-order valence-corrected chi connectivity index (χ2v) is 8.49. The minimum Gasteiger partial charge on any atom is -0.744 e. The summed E-state index contributed by atoms with van der Waals surface area (Å²) in [5, 5.41) is 1.87. The number of hydrogen-bond acceptors (Lipinski definition) is 3. The summed E-state index contributed by atoms with van der Waals surface area (Å²) in [6, 6.07) is 7.70. The van der Waals surface area contributed by atoms with Gasteiger partial charge in [-0.15, -0.1) is 0 Å². The van der Waals surface area contributed by atoms with E-state index in [4.69, 9.17) is 0 Å². The summed E-state index contributed by atoms with van der Waals surface area (Å²) >= 11 is 0. The maximum Gasteiger partial charge on any atom is 1.00 e. The monoisotopic (exact) mass is 356 g/mol. The van der Waals surface area contributed by atoms with Crippen LogP contribution in [-0.2, 0) is 10.1 Å². The smallest absolute Gasteiger partial charge is 0.744 e. The minimum absolute atomic E-state index is 0. The molecule has 0 fully saturated rings. The molecule has 3 nitrogen and oxygen atoms in total. The molecule has 0 unspecified atom stereocenters. The van der Waals surface area contributed by atoms with Crippen LogP contribution in [0.25, 0.3) is 10.8 Å². The Morgan fingerprint density at radius 2 is 1.33 bits per heavy atom. The van der Waals surface area contributed by atoms with Gasteiger partial charge in [-0.1, -0.05) is 53.7 Å². The molecule has 0 aliphatic carbocycles. The van der Waals surface area contributed by atoms with Crippen molar-refractivity contribution < 1.29 is 42.5 Å². The van der Waals surface area contributed by atoms with E-state index in [0.29, 0.717) is 11.5 Å². The standard InChI is InChI=1S/C19H26O3S.Na/c1-11(2)14-7-15-9-17(13(5)6)19(23(20,21)22)10-18(15)16(8-14)12(3)4;/h7-13H,1-6H3,(H,20,21,22);/q;+1/p-1. The normalized spacial score (nSPS) is 12.2. The molecule has 0 saturated carbocycles. The summed E-state index contributed by atoms with van der Waals surface area (Å²) in [4.78, 5) is -0.0841. The molecule has 0 N–H and O–H groups in total. The van der Waals surface area contributed by atoms with Crippen molar-refractivity contribution in [2.24, 2.45) is 0 Å². The van der Waals surface area contributed by atoms with Crippen LogP contribution in [0.3, 0.4) is 0 Å². The van der Waals surface area contributed by atoms with Crippen molar-refractivity contribution in [3.63, 3.8) is 0 Å². The first-order valence-corrected chi connectivity index (χ1v) is 9.50. The van der Waals surface area contributed by atoms with E-state index in [1.165, 1.54) is 5.56 Å². The van der Waals surface area contributed by atoms with Gasteiger partial charge in [0.15, 0.2) is 0 Å². The Morgan fingerprint density at radius 1 is 0.792 bits per heavy atom. The van der Waals surface area contributed by atoms with Crippen molar-refractivity contribution in [3.8, 4) is 0 Å². The predicted molar refractivity (Wildman–Crippen MR) is 94.2 cm³/mol. The summed E-state index contributed by atoms with van der Waals surface area (Å²) in [6.07, 6.45) is 0. The Labute approximate surface area is 167 Å². The number of fused-ring (bicyclic) bond motifs is 1. The molecule has 0 atom stereocenters. The number of rotatable bonds is 4. The fraction of sp³-hybridized carbons (Fsp3) is 0.474. The molecule has 0 aliphatic heterocycles. The van der Waals surface area contributed by atoms with Gasteiger partial charge in [0.1, 0.15) is 10.1 Å². The molecule has 0 saturated heterocycles. The maximum atomic E-state index is 11.7. The topological polar surface area (TPSA) is 57.2 Å². The fourth-order valence-electron chi connectivity index (χ4n) is 2.94. The summed E-state index contributed by atoms with van der Waals surface area (Å²) < 4.78 is 35.1. The van der Waals surface area contributed by atoms with Gasteiger partial charge in [-0.3, -0.25) is 0 Å². The molecule has 24 heavy (non-hydrogen) atoms. The fourth-order valence-corrected chi connectivity index (χ4v) is 3.79. The molecule has 0 bridgehead atoms. The molecule has 0 radical (unpaired) electrons. The summed E-state index contributed by atoms with van der Waals surface area (Å²) in [6.45, 7) is 12.3. The first kappa shape index (κ1) is 21.7. The van der Waals surface area contributed by atoms with E-state index in [1.807, 2.05) is 19.9 Å². The molecular weight excluding hydrogens is 331 g/mol. The average molecular weight is 356 g/mol. The van der Waals surface area contributed by atoms with Crippen molar-refractivity contribution in [1.82, 2.24) is 0 Å². The minimum atomic E-state index is -4.49. The molecule has 5 heteroatoms. The largest absolute Gasteiger partial charge is 1.00 e. The molecule has 2 rings (SSSR count). The van der Waals surface area contributed by atoms with Crippen molar-refractivity contribution in [2.75, 3.05) is 0 Å². The molecule has 2 aromatic rings. The van der Waals surface area contributed by atoms with Crippen LogP contribution in [0.5, 0.6) is 0 Å². The zero-order valence-corrected chi connectivity index (χ0v) is 18.5. The van der Waals surface area contributed by atoms with E-state index in [-0.39, 0.29) is 46.3 Å². The summed E-state index contributed by atoms with van der Waals surface area (Å²) in [7, 11) is -4.49.